The molecule has 0 aliphatic carbocycles. The molecule has 6 heteroatoms. The molecule has 3 nitrogen and oxygen atoms in total. The Morgan fingerprint density at radius 3 is 2.78 bits per heavy atom. The van der Waals surface area contributed by atoms with Crippen LogP contribution in [-0.4, -0.2) is 30.7 Å². The fraction of sp³-hybridized carbons (Fsp3) is 0.583. The van der Waals surface area contributed by atoms with Gasteiger partial charge in [-0.3, -0.25) is 0 Å². The maximum atomic E-state index is 5.80. The van der Waals surface area contributed by atoms with Gasteiger partial charge in [0.15, 0.2) is 0 Å². The van der Waals surface area contributed by atoms with E-state index in [2.05, 4.69) is 21.3 Å². The van der Waals surface area contributed by atoms with Crippen LogP contribution in [0.25, 0.3) is 0 Å². The summed E-state index contributed by atoms with van der Waals surface area (Å²) < 4.78 is 0. The number of nitrogens with one attached hydrogen (secondary N) is 1. The molecule has 2 aliphatic heterocycles. The van der Waals surface area contributed by atoms with Gasteiger partial charge in [0.05, 0.1) is 11.9 Å². The highest BCUT2D eigenvalue weighted by atomic mass is 35.5. The van der Waals surface area contributed by atoms with Crippen LogP contribution in [0.2, 0.25) is 5.15 Å². The summed E-state index contributed by atoms with van der Waals surface area (Å²) in [6.07, 6.45) is 4.54. The van der Waals surface area contributed by atoms with Crippen molar-refractivity contribution >= 4 is 42.1 Å². The maximum Gasteiger partial charge on any atom is 0.129 e. The second-order valence-electron chi connectivity index (χ2n) is 4.71. The average molecular weight is 311 g/mol. The standard InChI is InChI=1S/C12H16ClN3.2ClH/c13-12-4-3-10(6-15-12)16-7-9-2-1-5-14-11(9)8-16;;/h3-4,6,9,11,14H,1-2,5,7-8H2;2*1H/t9-,11+;;/m1../s1. The van der Waals surface area contributed by atoms with E-state index >= 15 is 0 Å². The van der Waals surface area contributed by atoms with Crippen molar-refractivity contribution in [3.8, 4) is 0 Å². The normalized spacial score (nSPS) is 25.9. The van der Waals surface area contributed by atoms with Crippen molar-refractivity contribution in [1.29, 1.82) is 0 Å². The van der Waals surface area contributed by atoms with E-state index in [1.165, 1.54) is 25.1 Å². The third kappa shape index (κ3) is 3.21. The molecule has 0 saturated carbocycles. The smallest absolute Gasteiger partial charge is 0.129 e. The van der Waals surface area contributed by atoms with Crippen LogP contribution in [0.4, 0.5) is 5.69 Å². The van der Waals surface area contributed by atoms with Crippen LogP contribution >= 0.6 is 36.4 Å². The Morgan fingerprint density at radius 1 is 1.28 bits per heavy atom. The minimum absolute atomic E-state index is 0. The molecule has 0 bridgehead atoms. The molecule has 1 aromatic heterocycles. The lowest BCUT2D eigenvalue weighted by Gasteiger charge is -2.24. The van der Waals surface area contributed by atoms with Crippen LogP contribution in [0, 0.1) is 5.92 Å². The largest absolute Gasteiger partial charge is 0.368 e. The first kappa shape index (κ1) is 15.8. The Kier molecular flexibility index (Phi) is 5.99. The molecular formula is C12H18Cl3N3. The third-order valence-corrected chi connectivity index (χ3v) is 3.90. The molecule has 0 unspecified atom stereocenters. The summed E-state index contributed by atoms with van der Waals surface area (Å²) in [5, 5.41) is 4.17. The van der Waals surface area contributed by atoms with Crippen molar-refractivity contribution in [3.05, 3.63) is 23.5 Å². The fourth-order valence-corrected chi connectivity index (χ4v) is 2.92. The molecule has 3 heterocycles. The van der Waals surface area contributed by atoms with Gasteiger partial charge in [0, 0.05) is 19.1 Å². The lowest BCUT2D eigenvalue weighted by atomic mass is 9.94. The van der Waals surface area contributed by atoms with Crippen molar-refractivity contribution in [2.24, 2.45) is 5.92 Å². The first-order valence-corrected chi connectivity index (χ1v) is 6.30. The second kappa shape index (κ2) is 6.80. The van der Waals surface area contributed by atoms with E-state index in [0.717, 1.165) is 19.0 Å². The second-order valence-corrected chi connectivity index (χ2v) is 5.09. The molecule has 0 amide bonds. The van der Waals surface area contributed by atoms with Crippen LogP contribution in [0.1, 0.15) is 12.8 Å². The number of nitrogens with zero attached hydrogens (tertiary/aromatic N) is 2. The van der Waals surface area contributed by atoms with Crippen LogP contribution in [0.3, 0.4) is 0 Å². The number of hydrogen-bond donors (Lipinski definition) is 1. The van der Waals surface area contributed by atoms with Gasteiger partial charge >= 0.3 is 0 Å². The summed E-state index contributed by atoms with van der Waals surface area (Å²) in [6, 6.07) is 4.60. The van der Waals surface area contributed by atoms with Crippen molar-refractivity contribution in [2.45, 2.75) is 18.9 Å². The summed E-state index contributed by atoms with van der Waals surface area (Å²) in [5.41, 5.74) is 1.20. The number of pyridine rings is 1. The quantitative estimate of drug-likeness (QED) is 0.809. The zero-order chi connectivity index (χ0) is 11.0. The van der Waals surface area contributed by atoms with Crippen molar-refractivity contribution in [2.75, 3.05) is 24.5 Å². The van der Waals surface area contributed by atoms with Gasteiger partial charge in [-0.05, 0) is 37.4 Å². The molecule has 102 valence electrons. The van der Waals surface area contributed by atoms with Crippen LogP contribution in [0.5, 0.6) is 0 Å². The number of hydrogen-bond acceptors (Lipinski definition) is 3. The van der Waals surface area contributed by atoms with Gasteiger partial charge in [0.25, 0.3) is 0 Å². The Bertz CT molecular complexity index is 357. The average Bonchev–Trinajstić information content (AvgIpc) is 2.73. The molecule has 2 atom stereocenters. The first-order valence-electron chi connectivity index (χ1n) is 5.93. The van der Waals surface area contributed by atoms with Crippen molar-refractivity contribution in [3.63, 3.8) is 0 Å². The predicted molar refractivity (Wildman–Crippen MR) is 80.5 cm³/mol. The highest BCUT2D eigenvalue weighted by molar-refractivity contribution is 6.29. The van der Waals surface area contributed by atoms with Crippen LogP contribution in [0.15, 0.2) is 18.3 Å². The van der Waals surface area contributed by atoms with Crippen molar-refractivity contribution in [1.82, 2.24) is 10.3 Å². The zero-order valence-corrected chi connectivity index (χ0v) is 12.4. The molecule has 2 saturated heterocycles. The topological polar surface area (TPSA) is 28.2 Å². The number of piperidine rings is 1. The van der Waals surface area contributed by atoms with Crippen LogP contribution < -0.4 is 10.2 Å². The van der Waals surface area contributed by atoms with Gasteiger partial charge in [-0.2, -0.15) is 0 Å². The molecule has 2 aliphatic rings. The summed E-state index contributed by atoms with van der Waals surface area (Å²) in [6.45, 7) is 3.43. The molecule has 1 aromatic rings. The minimum atomic E-state index is 0. The number of fused-ring (bicyclic) bond motifs is 1. The van der Waals surface area contributed by atoms with Gasteiger partial charge in [0.1, 0.15) is 5.15 Å². The summed E-state index contributed by atoms with van der Waals surface area (Å²) >= 11 is 5.80. The lowest BCUT2D eigenvalue weighted by Crippen LogP contribution is -2.40. The van der Waals surface area contributed by atoms with E-state index in [0.29, 0.717) is 11.2 Å². The summed E-state index contributed by atoms with van der Waals surface area (Å²) in [4.78, 5) is 6.56. The number of anilines is 1. The SMILES string of the molecule is Cl.Cl.Clc1ccc(N2C[C@H]3CCCN[C@H]3C2)cn1. The molecular weight excluding hydrogens is 293 g/mol. The monoisotopic (exact) mass is 309 g/mol. The Balaban J connectivity index is 0.000000810. The number of rotatable bonds is 1. The highest BCUT2D eigenvalue weighted by Gasteiger charge is 2.34. The number of halogens is 3. The summed E-state index contributed by atoms with van der Waals surface area (Å²) in [7, 11) is 0. The van der Waals surface area contributed by atoms with Crippen LogP contribution in [-0.2, 0) is 0 Å². The van der Waals surface area contributed by atoms with Gasteiger partial charge in [-0.25, -0.2) is 4.98 Å². The fourth-order valence-electron chi connectivity index (χ4n) is 2.81. The molecule has 0 radical (unpaired) electrons. The first-order chi connectivity index (χ1) is 7.83. The Morgan fingerprint density at radius 2 is 2.11 bits per heavy atom. The van der Waals surface area contributed by atoms with Crippen molar-refractivity contribution < 1.29 is 0 Å². The zero-order valence-electron chi connectivity index (χ0n) is 10.0. The third-order valence-electron chi connectivity index (χ3n) is 3.68. The van der Waals surface area contributed by atoms with E-state index in [-0.39, 0.29) is 24.8 Å². The molecule has 1 N–H and O–H groups in total. The minimum Gasteiger partial charge on any atom is -0.368 e. The van der Waals surface area contributed by atoms with Gasteiger partial charge in [0.2, 0.25) is 0 Å². The Labute approximate surface area is 125 Å². The maximum absolute atomic E-state index is 5.80. The highest BCUT2D eigenvalue weighted by Crippen LogP contribution is 2.28. The molecule has 2 fully saturated rings. The summed E-state index contributed by atoms with van der Waals surface area (Å²) in [5.74, 6) is 0.810. The van der Waals surface area contributed by atoms with E-state index in [4.69, 9.17) is 11.6 Å². The Hall–Kier alpha value is -0.220. The van der Waals surface area contributed by atoms with E-state index in [1.54, 1.807) is 0 Å². The van der Waals surface area contributed by atoms with E-state index in [1.807, 2.05) is 12.3 Å². The van der Waals surface area contributed by atoms with E-state index < -0.39 is 0 Å². The van der Waals surface area contributed by atoms with Gasteiger partial charge in [-0.1, -0.05) is 11.6 Å². The lowest BCUT2D eigenvalue weighted by molar-refractivity contribution is 0.340. The van der Waals surface area contributed by atoms with Gasteiger partial charge < -0.3 is 10.2 Å². The molecule has 3 rings (SSSR count). The molecule has 0 aromatic carbocycles. The van der Waals surface area contributed by atoms with Gasteiger partial charge in [-0.15, -0.1) is 24.8 Å². The number of aromatic nitrogens is 1. The van der Waals surface area contributed by atoms with E-state index in [9.17, 15) is 0 Å². The molecule has 18 heavy (non-hydrogen) atoms. The predicted octanol–water partition coefficient (Wildman–Crippen LogP) is 2.77. The molecule has 0 spiro atoms.